The lowest BCUT2D eigenvalue weighted by Crippen LogP contribution is -2.59. The number of hydrogen-bond acceptors (Lipinski definition) is 3. The van der Waals surface area contributed by atoms with Gasteiger partial charge in [-0.2, -0.15) is 0 Å². The summed E-state index contributed by atoms with van der Waals surface area (Å²) in [4.78, 5) is 25.0. The van der Waals surface area contributed by atoms with Gasteiger partial charge in [-0.25, -0.2) is 0 Å². The van der Waals surface area contributed by atoms with Gasteiger partial charge in [0.05, 0.1) is 12.0 Å². The molecule has 3 N–H and O–H groups in total. The van der Waals surface area contributed by atoms with Crippen molar-refractivity contribution in [2.24, 2.45) is 11.8 Å². The molecule has 21 heavy (non-hydrogen) atoms. The normalized spacial score (nSPS) is 31.1. The van der Waals surface area contributed by atoms with Gasteiger partial charge in [0.25, 0.3) is 0 Å². The molecule has 0 aliphatic heterocycles. The molecule has 3 saturated carbocycles. The number of carbonyl (C=O) groups excluding carboxylic acids is 2. The Balaban J connectivity index is 1.62. The summed E-state index contributed by atoms with van der Waals surface area (Å²) in [6.45, 7) is 0.739. The van der Waals surface area contributed by atoms with E-state index in [1.807, 2.05) is 0 Å². The van der Waals surface area contributed by atoms with Crippen LogP contribution in [0.2, 0.25) is 0 Å². The minimum atomic E-state index is -0.728. The van der Waals surface area contributed by atoms with Gasteiger partial charge >= 0.3 is 0 Å². The lowest BCUT2D eigenvalue weighted by atomic mass is 9.94. The Labute approximate surface area is 125 Å². The van der Waals surface area contributed by atoms with E-state index >= 15 is 0 Å². The summed E-state index contributed by atoms with van der Waals surface area (Å²) in [5.74, 6) is 0.148. The first-order valence-electron chi connectivity index (χ1n) is 8.39. The SMILES string of the molecule is O=C(NC1(C(=O)NCC2CC2)CCCC1)C1CCCC1O. The molecule has 0 radical (unpaired) electrons. The summed E-state index contributed by atoms with van der Waals surface area (Å²) in [6, 6.07) is 0. The van der Waals surface area contributed by atoms with Crippen molar-refractivity contribution in [1.29, 1.82) is 0 Å². The van der Waals surface area contributed by atoms with Crippen LogP contribution in [-0.4, -0.2) is 35.1 Å². The van der Waals surface area contributed by atoms with Crippen LogP contribution in [0.1, 0.15) is 57.8 Å². The molecule has 3 rings (SSSR count). The monoisotopic (exact) mass is 294 g/mol. The lowest BCUT2D eigenvalue weighted by molar-refractivity contribution is -0.136. The molecule has 3 fully saturated rings. The molecule has 5 heteroatoms. The molecule has 3 aliphatic rings. The van der Waals surface area contributed by atoms with Crippen LogP contribution < -0.4 is 10.6 Å². The van der Waals surface area contributed by atoms with E-state index in [9.17, 15) is 14.7 Å². The Kier molecular flexibility index (Phi) is 4.20. The molecule has 0 aromatic heterocycles. The molecule has 0 heterocycles. The van der Waals surface area contributed by atoms with Crippen molar-refractivity contribution in [2.75, 3.05) is 6.54 Å². The Bertz CT molecular complexity index is 414. The molecule has 3 aliphatic carbocycles. The van der Waals surface area contributed by atoms with E-state index in [2.05, 4.69) is 10.6 Å². The zero-order valence-electron chi connectivity index (χ0n) is 12.6. The molecule has 2 amide bonds. The number of aliphatic hydroxyl groups is 1. The van der Waals surface area contributed by atoms with Crippen LogP contribution in [0.3, 0.4) is 0 Å². The van der Waals surface area contributed by atoms with Crippen molar-refractivity contribution in [1.82, 2.24) is 10.6 Å². The van der Waals surface area contributed by atoms with Gasteiger partial charge < -0.3 is 15.7 Å². The molecule has 2 unspecified atom stereocenters. The van der Waals surface area contributed by atoms with E-state index in [1.54, 1.807) is 0 Å². The van der Waals surface area contributed by atoms with Crippen molar-refractivity contribution in [3.05, 3.63) is 0 Å². The van der Waals surface area contributed by atoms with Crippen LogP contribution in [-0.2, 0) is 9.59 Å². The maximum atomic E-state index is 12.5. The summed E-state index contributed by atoms with van der Waals surface area (Å²) in [5, 5.41) is 15.9. The molecule has 0 aromatic rings. The maximum Gasteiger partial charge on any atom is 0.245 e. The summed E-state index contributed by atoms with van der Waals surface area (Å²) in [5.41, 5.74) is -0.728. The van der Waals surface area contributed by atoms with Crippen molar-refractivity contribution in [3.8, 4) is 0 Å². The number of carbonyl (C=O) groups is 2. The van der Waals surface area contributed by atoms with E-state index < -0.39 is 11.6 Å². The van der Waals surface area contributed by atoms with Gasteiger partial charge in [0.1, 0.15) is 5.54 Å². The topological polar surface area (TPSA) is 78.4 Å². The molecule has 0 saturated heterocycles. The van der Waals surface area contributed by atoms with Crippen LogP contribution in [0.25, 0.3) is 0 Å². The van der Waals surface area contributed by atoms with Crippen molar-refractivity contribution in [3.63, 3.8) is 0 Å². The highest BCUT2D eigenvalue weighted by atomic mass is 16.3. The van der Waals surface area contributed by atoms with Crippen LogP contribution in [0, 0.1) is 11.8 Å². The van der Waals surface area contributed by atoms with Crippen molar-refractivity contribution >= 4 is 11.8 Å². The number of nitrogens with one attached hydrogen (secondary N) is 2. The van der Waals surface area contributed by atoms with Crippen molar-refractivity contribution < 1.29 is 14.7 Å². The zero-order chi connectivity index (χ0) is 14.9. The van der Waals surface area contributed by atoms with Crippen LogP contribution in [0.15, 0.2) is 0 Å². The standard InChI is InChI=1S/C16H26N2O3/c19-13-5-3-4-12(13)14(20)18-16(8-1-2-9-16)15(21)17-10-11-6-7-11/h11-13,19H,1-10H2,(H,17,21)(H,18,20). The number of amides is 2. The van der Waals surface area contributed by atoms with Gasteiger partial charge in [-0.3, -0.25) is 9.59 Å². The van der Waals surface area contributed by atoms with Gasteiger partial charge in [0.2, 0.25) is 11.8 Å². The van der Waals surface area contributed by atoms with Crippen LogP contribution >= 0.6 is 0 Å². The van der Waals surface area contributed by atoms with Gasteiger partial charge in [-0.15, -0.1) is 0 Å². The van der Waals surface area contributed by atoms with Gasteiger partial charge in [-0.1, -0.05) is 12.8 Å². The summed E-state index contributed by atoms with van der Waals surface area (Å²) in [7, 11) is 0. The predicted molar refractivity (Wildman–Crippen MR) is 78.4 cm³/mol. The first-order chi connectivity index (χ1) is 10.1. The van der Waals surface area contributed by atoms with Gasteiger partial charge in [-0.05, 0) is 50.9 Å². The Morgan fingerprint density at radius 2 is 1.76 bits per heavy atom. The third kappa shape index (κ3) is 3.23. The van der Waals surface area contributed by atoms with E-state index in [1.165, 1.54) is 12.8 Å². The molecule has 0 spiro atoms. The fraction of sp³-hybridized carbons (Fsp3) is 0.875. The summed E-state index contributed by atoms with van der Waals surface area (Å²) < 4.78 is 0. The second-order valence-corrected chi connectivity index (χ2v) is 7.04. The van der Waals surface area contributed by atoms with Crippen LogP contribution in [0.4, 0.5) is 0 Å². The molecular formula is C16H26N2O3. The van der Waals surface area contributed by atoms with Gasteiger partial charge in [0.15, 0.2) is 0 Å². The van der Waals surface area contributed by atoms with E-state index in [0.717, 1.165) is 45.1 Å². The predicted octanol–water partition coefficient (Wildman–Crippen LogP) is 1.10. The molecule has 118 valence electrons. The third-order valence-corrected chi connectivity index (χ3v) is 5.32. The largest absolute Gasteiger partial charge is 0.392 e. The zero-order valence-corrected chi connectivity index (χ0v) is 12.6. The van der Waals surface area contributed by atoms with E-state index in [-0.39, 0.29) is 17.7 Å². The second kappa shape index (κ2) is 5.95. The highest BCUT2D eigenvalue weighted by molar-refractivity contribution is 5.92. The first kappa shape index (κ1) is 14.8. The number of hydrogen-bond donors (Lipinski definition) is 3. The molecule has 5 nitrogen and oxygen atoms in total. The summed E-state index contributed by atoms with van der Waals surface area (Å²) >= 11 is 0. The smallest absolute Gasteiger partial charge is 0.245 e. The van der Waals surface area contributed by atoms with E-state index in [4.69, 9.17) is 0 Å². The minimum Gasteiger partial charge on any atom is -0.392 e. The molecular weight excluding hydrogens is 268 g/mol. The highest BCUT2D eigenvalue weighted by Gasteiger charge is 2.45. The Morgan fingerprint density at radius 1 is 1.05 bits per heavy atom. The Hall–Kier alpha value is -1.10. The first-order valence-corrected chi connectivity index (χ1v) is 8.39. The maximum absolute atomic E-state index is 12.5. The number of aliphatic hydroxyl groups excluding tert-OH is 1. The van der Waals surface area contributed by atoms with Gasteiger partial charge in [0, 0.05) is 6.54 Å². The average molecular weight is 294 g/mol. The molecule has 2 atom stereocenters. The fourth-order valence-electron chi connectivity index (χ4n) is 3.69. The minimum absolute atomic E-state index is 0.0206. The van der Waals surface area contributed by atoms with E-state index in [0.29, 0.717) is 12.3 Å². The highest BCUT2D eigenvalue weighted by Crippen LogP contribution is 2.33. The molecule has 0 bridgehead atoms. The quantitative estimate of drug-likeness (QED) is 0.710. The second-order valence-electron chi connectivity index (χ2n) is 7.04. The number of rotatable bonds is 5. The van der Waals surface area contributed by atoms with Crippen molar-refractivity contribution in [2.45, 2.75) is 69.4 Å². The average Bonchev–Trinajstić information content (AvgIpc) is 3.00. The summed E-state index contributed by atoms with van der Waals surface area (Å²) in [6.07, 6.45) is 7.57. The molecule has 0 aromatic carbocycles. The van der Waals surface area contributed by atoms with Crippen LogP contribution in [0.5, 0.6) is 0 Å². The fourth-order valence-corrected chi connectivity index (χ4v) is 3.69. The Morgan fingerprint density at radius 3 is 2.33 bits per heavy atom. The lowest BCUT2D eigenvalue weighted by Gasteiger charge is -2.31. The third-order valence-electron chi connectivity index (χ3n) is 5.32.